The van der Waals surface area contributed by atoms with Gasteiger partial charge < -0.3 is 14.5 Å². The van der Waals surface area contributed by atoms with E-state index in [4.69, 9.17) is 9.15 Å². The summed E-state index contributed by atoms with van der Waals surface area (Å²) in [4.78, 5) is 17.2. The van der Waals surface area contributed by atoms with Gasteiger partial charge in [0, 0.05) is 17.6 Å². The number of carbonyl (C=O) groups excluding carboxylic acids is 1. The minimum Gasteiger partial charge on any atom is -0.461 e. The predicted octanol–water partition coefficient (Wildman–Crippen LogP) is 5.19. The van der Waals surface area contributed by atoms with Crippen molar-refractivity contribution in [1.82, 2.24) is 19.7 Å². The number of aryl methyl sites for hydroxylation is 2. The molecule has 8 nitrogen and oxygen atoms in total. The van der Waals surface area contributed by atoms with Crippen molar-refractivity contribution in [2.24, 2.45) is 0 Å². The smallest absolute Gasteiger partial charge is 0.236 e. The van der Waals surface area contributed by atoms with Crippen molar-refractivity contribution >= 4 is 34.1 Å². The van der Waals surface area contributed by atoms with Crippen LogP contribution in [0.15, 0.2) is 51.5 Å². The number of thioether (sulfide) groups is 1. The Kier molecular flexibility index (Phi) is 6.80. The van der Waals surface area contributed by atoms with E-state index in [1.54, 1.807) is 6.26 Å². The third-order valence-corrected chi connectivity index (χ3v) is 7.48. The lowest BCUT2D eigenvalue weighted by Gasteiger charge is -2.13. The molecule has 34 heavy (non-hydrogen) atoms. The number of rotatable bonds is 8. The molecule has 4 heterocycles. The zero-order valence-electron chi connectivity index (χ0n) is 19.0. The number of furan rings is 1. The van der Waals surface area contributed by atoms with E-state index >= 15 is 0 Å². The maximum absolute atomic E-state index is 12.7. The Morgan fingerprint density at radius 1 is 1.26 bits per heavy atom. The molecule has 10 heteroatoms. The van der Waals surface area contributed by atoms with Gasteiger partial charge in [0.25, 0.3) is 0 Å². The van der Waals surface area contributed by atoms with Crippen molar-refractivity contribution in [2.45, 2.75) is 44.5 Å². The first kappa shape index (κ1) is 22.8. The molecule has 0 spiro atoms. The van der Waals surface area contributed by atoms with Gasteiger partial charge in [0.2, 0.25) is 11.7 Å². The van der Waals surface area contributed by atoms with E-state index in [9.17, 15) is 4.79 Å². The largest absolute Gasteiger partial charge is 0.461 e. The zero-order chi connectivity index (χ0) is 23.5. The second-order valence-electron chi connectivity index (χ2n) is 8.20. The fraction of sp³-hybridized carbons (Fsp3) is 0.333. The van der Waals surface area contributed by atoms with Crippen LogP contribution in [0.25, 0.3) is 22.8 Å². The number of anilines is 1. The van der Waals surface area contributed by atoms with Crippen molar-refractivity contribution in [1.29, 1.82) is 0 Å². The number of carbonyl (C=O) groups is 1. The zero-order valence-corrected chi connectivity index (χ0v) is 20.6. The Morgan fingerprint density at radius 3 is 2.94 bits per heavy atom. The van der Waals surface area contributed by atoms with Crippen LogP contribution in [0.5, 0.6) is 0 Å². The molecule has 1 saturated heterocycles. The third-order valence-electron chi connectivity index (χ3n) is 5.75. The number of hydrogen-bond donors (Lipinski definition) is 1. The molecule has 1 aliphatic heterocycles. The van der Waals surface area contributed by atoms with E-state index in [1.165, 1.54) is 34.2 Å². The normalized spacial score (nSPS) is 15.6. The molecular weight excluding hydrogens is 470 g/mol. The number of nitrogens with one attached hydrogen (secondary N) is 1. The van der Waals surface area contributed by atoms with Crippen molar-refractivity contribution in [3.05, 3.63) is 53.1 Å². The second-order valence-corrected chi connectivity index (χ2v) is 10.0. The summed E-state index contributed by atoms with van der Waals surface area (Å²) in [5, 5.41) is 14.7. The number of thiazole rings is 1. The highest BCUT2D eigenvalue weighted by molar-refractivity contribution is 7.99. The Bertz CT molecular complexity index is 1280. The lowest BCUT2D eigenvalue weighted by molar-refractivity contribution is -0.113. The monoisotopic (exact) mass is 495 g/mol. The van der Waals surface area contributed by atoms with Crippen molar-refractivity contribution in [3.63, 3.8) is 0 Å². The van der Waals surface area contributed by atoms with Crippen LogP contribution in [0.3, 0.4) is 0 Å². The summed E-state index contributed by atoms with van der Waals surface area (Å²) >= 11 is 2.76. The van der Waals surface area contributed by atoms with Gasteiger partial charge in [-0.15, -0.1) is 21.5 Å². The van der Waals surface area contributed by atoms with Crippen LogP contribution in [0.2, 0.25) is 0 Å². The van der Waals surface area contributed by atoms with Crippen LogP contribution in [-0.4, -0.2) is 44.1 Å². The number of ether oxygens (including phenoxy) is 1. The molecular formula is C24H25N5O3S2. The van der Waals surface area contributed by atoms with Crippen LogP contribution in [0, 0.1) is 13.8 Å². The first-order valence-corrected chi connectivity index (χ1v) is 13.0. The number of hydrogen-bond acceptors (Lipinski definition) is 8. The van der Waals surface area contributed by atoms with E-state index in [2.05, 4.69) is 52.5 Å². The predicted molar refractivity (Wildman–Crippen MR) is 133 cm³/mol. The summed E-state index contributed by atoms with van der Waals surface area (Å²) in [5.74, 6) is 1.34. The average molecular weight is 496 g/mol. The Morgan fingerprint density at radius 2 is 2.18 bits per heavy atom. The molecule has 0 saturated carbocycles. The van der Waals surface area contributed by atoms with E-state index in [-0.39, 0.29) is 17.8 Å². The Balaban J connectivity index is 1.25. The Hall–Kier alpha value is -2.95. The molecule has 5 rings (SSSR count). The van der Waals surface area contributed by atoms with Crippen molar-refractivity contribution in [2.75, 3.05) is 17.7 Å². The molecule has 1 N–H and O–H groups in total. The van der Waals surface area contributed by atoms with Crippen LogP contribution in [0.4, 0.5) is 5.13 Å². The van der Waals surface area contributed by atoms with Crippen molar-refractivity contribution in [3.8, 4) is 22.8 Å². The molecule has 1 aromatic carbocycles. The fourth-order valence-corrected chi connectivity index (χ4v) is 5.27. The molecule has 0 aliphatic carbocycles. The van der Waals surface area contributed by atoms with Crippen LogP contribution >= 0.6 is 23.1 Å². The van der Waals surface area contributed by atoms with Crippen LogP contribution in [0.1, 0.15) is 24.0 Å². The summed E-state index contributed by atoms with van der Waals surface area (Å²) in [6.45, 7) is 5.56. The van der Waals surface area contributed by atoms with Gasteiger partial charge in [-0.2, -0.15) is 0 Å². The molecule has 1 fully saturated rings. The summed E-state index contributed by atoms with van der Waals surface area (Å²) < 4.78 is 13.3. The lowest BCUT2D eigenvalue weighted by Crippen LogP contribution is -2.18. The standard InChI is InChI=1S/C24H25N5O3S2/c1-15-7-8-17(11-16(15)2)19-13-33-23(25-19)26-21(30)14-34-24-28-27-22(20-6-4-10-32-20)29(24)12-18-5-3-9-31-18/h4,6-8,10-11,13,18H,3,5,9,12,14H2,1-2H3,(H,25,26,30). The van der Waals surface area contributed by atoms with Gasteiger partial charge in [0.1, 0.15) is 0 Å². The first-order chi connectivity index (χ1) is 16.6. The topological polar surface area (TPSA) is 95.1 Å². The molecule has 0 radical (unpaired) electrons. The first-order valence-electron chi connectivity index (χ1n) is 11.1. The van der Waals surface area contributed by atoms with Gasteiger partial charge >= 0.3 is 0 Å². The highest BCUT2D eigenvalue weighted by Crippen LogP contribution is 2.29. The fourth-order valence-electron chi connectivity index (χ4n) is 3.79. The van der Waals surface area contributed by atoms with Gasteiger partial charge in [-0.05, 0) is 56.0 Å². The van der Waals surface area contributed by atoms with Gasteiger partial charge in [0.05, 0.1) is 30.4 Å². The Labute approximate surface area is 205 Å². The number of benzene rings is 1. The summed E-state index contributed by atoms with van der Waals surface area (Å²) in [6, 6.07) is 9.93. The molecule has 176 valence electrons. The molecule has 0 bridgehead atoms. The molecule has 3 aromatic heterocycles. The quantitative estimate of drug-likeness (QED) is 0.336. The van der Waals surface area contributed by atoms with E-state index in [0.29, 0.717) is 28.4 Å². The maximum Gasteiger partial charge on any atom is 0.236 e. The van der Waals surface area contributed by atoms with Crippen LogP contribution in [-0.2, 0) is 16.1 Å². The van der Waals surface area contributed by atoms with E-state index < -0.39 is 0 Å². The minimum atomic E-state index is -0.141. The van der Waals surface area contributed by atoms with Gasteiger partial charge in [0.15, 0.2) is 16.0 Å². The second kappa shape index (κ2) is 10.1. The molecule has 4 aromatic rings. The molecule has 1 unspecified atom stereocenters. The van der Waals surface area contributed by atoms with E-state index in [0.717, 1.165) is 30.7 Å². The minimum absolute atomic E-state index is 0.108. The van der Waals surface area contributed by atoms with Gasteiger partial charge in [-0.3, -0.25) is 9.36 Å². The summed E-state index contributed by atoms with van der Waals surface area (Å²) in [7, 11) is 0. The lowest BCUT2D eigenvalue weighted by atomic mass is 10.1. The van der Waals surface area contributed by atoms with Gasteiger partial charge in [-0.1, -0.05) is 23.9 Å². The summed E-state index contributed by atoms with van der Waals surface area (Å²) in [5.41, 5.74) is 4.36. The highest BCUT2D eigenvalue weighted by Gasteiger charge is 2.23. The van der Waals surface area contributed by atoms with E-state index in [1.807, 2.05) is 22.1 Å². The van der Waals surface area contributed by atoms with Gasteiger partial charge in [-0.25, -0.2) is 4.98 Å². The molecule has 1 amide bonds. The molecule has 1 atom stereocenters. The average Bonchev–Trinajstić information content (AvgIpc) is 3.63. The highest BCUT2D eigenvalue weighted by atomic mass is 32.2. The molecule has 1 aliphatic rings. The number of aromatic nitrogens is 4. The summed E-state index contributed by atoms with van der Waals surface area (Å²) in [6.07, 6.45) is 3.76. The number of amides is 1. The van der Waals surface area contributed by atoms with Crippen LogP contribution < -0.4 is 5.32 Å². The number of nitrogens with zero attached hydrogens (tertiary/aromatic N) is 4. The maximum atomic E-state index is 12.7. The SMILES string of the molecule is Cc1ccc(-c2csc(NC(=O)CSc3nnc(-c4ccco4)n3CC3CCCO3)n2)cc1C. The third kappa shape index (κ3) is 5.08. The van der Waals surface area contributed by atoms with Crippen molar-refractivity contribution < 1.29 is 13.9 Å².